The lowest BCUT2D eigenvalue weighted by atomic mass is 9.46. The fourth-order valence-corrected chi connectivity index (χ4v) is 12.9. The highest BCUT2D eigenvalue weighted by Gasteiger charge is 2.59. The molecular formula is C43H69BS2. The summed E-state index contributed by atoms with van der Waals surface area (Å²) >= 11 is 6.87. The lowest BCUT2D eigenvalue weighted by Crippen LogP contribution is -2.50. The van der Waals surface area contributed by atoms with Crippen molar-refractivity contribution < 1.29 is 0 Å². The third kappa shape index (κ3) is 7.61. The number of benzene rings is 1. The number of aryl methyl sites for hydroxylation is 2. The van der Waals surface area contributed by atoms with E-state index in [9.17, 15) is 0 Å². The van der Waals surface area contributed by atoms with E-state index >= 15 is 0 Å². The number of fused-ring (bicyclic) bond motifs is 5. The minimum absolute atomic E-state index is 0.483. The Morgan fingerprint density at radius 3 is 2.52 bits per heavy atom. The summed E-state index contributed by atoms with van der Waals surface area (Å²) in [5.74, 6) is 11.6. The van der Waals surface area contributed by atoms with Crippen LogP contribution in [-0.2, 0) is 6.42 Å². The van der Waals surface area contributed by atoms with Crippen LogP contribution in [0.1, 0.15) is 142 Å². The molecule has 4 aliphatic carbocycles. The van der Waals surface area contributed by atoms with E-state index in [1.54, 1.807) is 0 Å². The lowest BCUT2D eigenvalue weighted by Gasteiger charge is -2.58. The maximum atomic E-state index is 4.71. The summed E-state index contributed by atoms with van der Waals surface area (Å²) in [4.78, 5) is 1.16. The highest BCUT2D eigenvalue weighted by molar-refractivity contribution is 8.26. The first-order valence-corrected chi connectivity index (χ1v) is 21.2. The molecule has 0 amide bonds. The molecular weight excluding hydrogens is 591 g/mol. The molecule has 7 unspecified atom stereocenters. The number of rotatable bonds is 13. The highest BCUT2D eigenvalue weighted by Crippen LogP contribution is 2.67. The molecule has 3 saturated carbocycles. The van der Waals surface area contributed by atoms with Gasteiger partial charge in [0.25, 0.3) is 0 Å². The van der Waals surface area contributed by atoms with Gasteiger partial charge in [0, 0.05) is 4.90 Å². The van der Waals surface area contributed by atoms with Gasteiger partial charge in [-0.3, -0.25) is 0 Å². The Labute approximate surface area is 296 Å². The highest BCUT2D eigenvalue weighted by atomic mass is 32.2. The van der Waals surface area contributed by atoms with E-state index in [1.807, 2.05) is 5.57 Å². The van der Waals surface area contributed by atoms with Gasteiger partial charge in [-0.1, -0.05) is 98.0 Å². The number of hydrogen-bond donors (Lipinski definition) is 1. The maximum Gasteiger partial charge on any atom is 0.231 e. The SMILES string of the molecule is CCc1cc(/C=C\B(C)SCCC2CC[C@@]3(C)C(=CCC4C5CCC(C(C)CCC(CC)C(C)C)[C@@]5(C)CCC43)C2)cc(C)c1S. The van der Waals surface area contributed by atoms with Crippen molar-refractivity contribution in [1.82, 2.24) is 0 Å². The maximum absolute atomic E-state index is 4.71. The Bertz CT molecular complexity index is 1230. The van der Waals surface area contributed by atoms with Gasteiger partial charge in [0.15, 0.2) is 0 Å². The summed E-state index contributed by atoms with van der Waals surface area (Å²) < 4.78 is 0. The van der Waals surface area contributed by atoms with Gasteiger partial charge >= 0.3 is 0 Å². The van der Waals surface area contributed by atoms with Crippen molar-refractivity contribution in [2.75, 3.05) is 5.75 Å². The van der Waals surface area contributed by atoms with Crippen molar-refractivity contribution in [3.05, 3.63) is 46.4 Å². The van der Waals surface area contributed by atoms with E-state index in [1.165, 1.54) is 99.5 Å². The van der Waals surface area contributed by atoms with Crippen molar-refractivity contribution in [2.45, 2.75) is 151 Å². The molecule has 0 saturated heterocycles. The summed E-state index contributed by atoms with van der Waals surface area (Å²) in [7, 11) is 0. The van der Waals surface area contributed by atoms with E-state index in [-0.39, 0.29) is 0 Å². The molecule has 0 N–H and O–H groups in total. The van der Waals surface area contributed by atoms with Crippen molar-refractivity contribution in [3.63, 3.8) is 0 Å². The third-order valence-electron chi connectivity index (χ3n) is 14.7. The molecule has 1 aromatic carbocycles. The second kappa shape index (κ2) is 15.6. The Morgan fingerprint density at radius 2 is 1.80 bits per heavy atom. The van der Waals surface area contributed by atoms with Gasteiger partial charge in [-0.25, -0.2) is 11.6 Å². The largest absolute Gasteiger partial charge is 0.231 e. The van der Waals surface area contributed by atoms with Crippen LogP contribution in [-0.4, -0.2) is 11.7 Å². The van der Waals surface area contributed by atoms with E-state index < -0.39 is 0 Å². The zero-order chi connectivity index (χ0) is 33.2. The molecule has 4 aliphatic rings. The Morgan fingerprint density at radius 1 is 1.02 bits per heavy atom. The second-order valence-electron chi connectivity index (χ2n) is 17.5. The average Bonchev–Trinajstić information content (AvgIpc) is 3.39. The Balaban J connectivity index is 1.14. The molecule has 256 valence electrons. The molecule has 46 heavy (non-hydrogen) atoms. The van der Waals surface area contributed by atoms with Crippen LogP contribution in [0.15, 0.2) is 34.7 Å². The topological polar surface area (TPSA) is 0 Å². The zero-order valence-electron chi connectivity index (χ0n) is 31.3. The number of thiol groups is 1. The van der Waals surface area contributed by atoms with Gasteiger partial charge in [0.2, 0.25) is 5.99 Å². The quantitative estimate of drug-likeness (QED) is 0.125. The minimum atomic E-state index is 0.483. The Kier molecular flexibility index (Phi) is 12.4. The van der Waals surface area contributed by atoms with Crippen LogP contribution in [0, 0.1) is 65.1 Å². The van der Waals surface area contributed by atoms with Gasteiger partial charge in [-0.05, 0) is 158 Å². The second-order valence-corrected chi connectivity index (χ2v) is 19.4. The van der Waals surface area contributed by atoms with Crippen molar-refractivity contribution in [2.24, 2.45) is 58.2 Å². The number of allylic oxidation sites excluding steroid dienone is 2. The molecule has 0 aliphatic heterocycles. The summed E-state index contributed by atoms with van der Waals surface area (Å²) in [6, 6.07) is 4.60. The van der Waals surface area contributed by atoms with E-state index in [4.69, 9.17) is 12.6 Å². The van der Waals surface area contributed by atoms with Gasteiger partial charge in [-0.2, -0.15) is 0 Å². The summed E-state index contributed by atoms with van der Waals surface area (Å²) in [5.41, 5.74) is 6.93. The van der Waals surface area contributed by atoms with Crippen LogP contribution in [0.3, 0.4) is 0 Å². The van der Waals surface area contributed by atoms with Crippen LogP contribution in [0.4, 0.5) is 0 Å². The predicted octanol–water partition coefficient (Wildman–Crippen LogP) is 13.4. The molecule has 1 aromatic rings. The summed E-state index contributed by atoms with van der Waals surface area (Å²) in [6.45, 7) is 22.2. The molecule has 0 spiro atoms. The van der Waals surface area contributed by atoms with Gasteiger partial charge in [-0.15, -0.1) is 18.6 Å². The molecule has 0 radical (unpaired) electrons. The minimum Gasteiger partial charge on any atom is -0.205 e. The molecule has 3 fully saturated rings. The molecule has 5 rings (SSSR count). The summed E-state index contributed by atoms with van der Waals surface area (Å²) in [5, 5.41) is 0. The standard InChI is InChI=1S/C43H69BS2/c1-10-34(29(3)4)13-12-30(5)38-16-17-39-37-15-14-36-28-32(18-22-42(36,7)40(37)19-23-43(38,39)8)21-25-46-44(9)24-20-33-26-31(6)41(45)35(11-2)27-33/h14,20,24,26-27,29-30,32,34,37-40,45H,10-13,15-19,21-23,25,28H2,1-9H3/b24-20-/t30?,32?,34?,37?,38?,39?,40?,42-,43+/m0/s1. The Hall–Kier alpha value is -0.535. The van der Waals surface area contributed by atoms with Gasteiger partial charge < -0.3 is 0 Å². The van der Waals surface area contributed by atoms with E-state index in [0.717, 1.165) is 58.7 Å². The van der Waals surface area contributed by atoms with Crippen LogP contribution >= 0.6 is 24.2 Å². The molecule has 3 heteroatoms. The van der Waals surface area contributed by atoms with Crippen LogP contribution in [0.5, 0.6) is 0 Å². The smallest absolute Gasteiger partial charge is 0.205 e. The van der Waals surface area contributed by atoms with Gasteiger partial charge in [0.05, 0.1) is 0 Å². The molecule has 0 heterocycles. The first kappa shape index (κ1) is 36.7. The van der Waals surface area contributed by atoms with Crippen LogP contribution < -0.4 is 0 Å². The monoisotopic (exact) mass is 660 g/mol. The first-order valence-electron chi connectivity index (χ1n) is 19.7. The van der Waals surface area contributed by atoms with Crippen molar-refractivity contribution in [3.8, 4) is 0 Å². The van der Waals surface area contributed by atoms with E-state index in [0.29, 0.717) is 16.8 Å². The molecule has 0 bridgehead atoms. The van der Waals surface area contributed by atoms with Crippen LogP contribution in [0.2, 0.25) is 6.82 Å². The van der Waals surface area contributed by atoms with Crippen molar-refractivity contribution >= 4 is 36.3 Å². The normalized spacial score (nSPS) is 33.8. The lowest BCUT2D eigenvalue weighted by molar-refractivity contribution is -0.0530. The first-order chi connectivity index (χ1) is 21.9. The van der Waals surface area contributed by atoms with Gasteiger partial charge in [0.1, 0.15) is 0 Å². The average molecular weight is 661 g/mol. The zero-order valence-corrected chi connectivity index (χ0v) is 33.0. The van der Waals surface area contributed by atoms with Crippen LogP contribution in [0.25, 0.3) is 6.08 Å². The predicted molar refractivity (Wildman–Crippen MR) is 211 cm³/mol. The molecule has 0 nitrogen and oxygen atoms in total. The molecule has 0 aromatic heterocycles. The summed E-state index contributed by atoms with van der Waals surface area (Å²) in [6.07, 6.45) is 23.5. The fourth-order valence-electron chi connectivity index (χ4n) is 11.6. The fraction of sp³-hybridized carbons (Fsp3) is 0.767. The molecule has 9 atom stereocenters. The van der Waals surface area contributed by atoms with Crippen molar-refractivity contribution in [1.29, 1.82) is 0 Å². The van der Waals surface area contributed by atoms with E-state index in [2.05, 4.69) is 104 Å². The number of hydrogen-bond acceptors (Lipinski definition) is 2. The third-order valence-corrected chi connectivity index (χ3v) is 16.5.